The Hall–Kier alpha value is -0.410. The van der Waals surface area contributed by atoms with Crippen molar-refractivity contribution in [2.75, 3.05) is 6.54 Å². The summed E-state index contributed by atoms with van der Waals surface area (Å²) < 4.78 is 0. The largest absolute Gasteiger partial charge is 0.311 e. The van der Waals surface area contributed by atoms with Gasteiger partial charge in [0.1, 0.15) is 0 Å². The number of aromatic nitrogens is 1. The average molecular weight is 198 g/mol. The van der Waals surface area contributed by atoms with E-state index in [4.69, 9.17) is 0 Å². The first kappa shape index (κ1) is 10.7. The lowest BCUT2D eigenvalue weighted by atomic mass is 10.3. The van der Waals surface area contributed by atoms with Crippen LogP contribution in [0.5, 0.6) is 0 Å². The normalized spacial score (nSPS) is 10.6. The van der Waals surface area contributed by atoms with Gasteiger partial charge in [0.25, 0.3) is 0 Å². The maximum Gasteiger partial charge on any atom is 0.0798 e. The van der Waals surface area contributed by atoms with Gasteiger partial charge in [-0.15, -0.1) is 11.3 Å². The number of aryl methyl sites for hydroxylation is 1. The molecule has 0 aliphatic carbocycles. The molecular weight excluding hydrogens is 180 g/mol. The molecule has 13 heavy (non-hydrogen) atoms. The number of thiazole rings is 1. The Labute approximate surface area is 84.4 Å². The summed E-state index contributed by atoms with van der Waals surface area (Å²) in [6.07, 6.45) is 3.62. The van der Waals surface area contributed by atoms with Crippen LogP contribution in [0, 0.1) is 0 Å². The number of hydrogen-bond acceptors (Lipinski definition) is 3. The minimum absolute atomic E-state index is 0.937. The van der Waals surface area contributed by atoms with E-state index >= 15 is 0 Å². The first-order valence-electron chi connectivity index (χ1n) is 5.00. The van der Waals surface area contributed by atoms with Crippen molar-refractivity contribution < 1.29 is 0 Å². The monoisotopic (exact) mass is 198 g/mol. The molecule has 1 N–H and O–H groups in total. The molecule has 1 aromatic rings. The molecule has 0 aliphatic heterocycles. The number of nitrogens with zero attached hydrogens (tertiary/aromatic N) is 1. The van der Waals surface area contributed by atoms with Gasteiger partial charge in [-0.1, -0.05) is 20.3 Å². The highest BCUT2D eigenvalue weighted by atomic mass is 32.1. The summed E-state index contributed by atoms with van der Waals surface area (Å²) in [6, 6.07) is 0. The number of rotatable bonds is 6. The van der Waals surface area contributed by atoms with E-state index in [2.05, 4.69) is 24.1 Å². The van der Waals surface area contributed by atoms with Gasteiger partial charge in [0.15, 0.2) is 0 Å². The molecule has 3 heteroatoms. The molecule has 0 spiro atoms. The first-order valence-corrected chi connectivity index (χ1v) is 5.88. The second-order valence-electron chi connectivity index (χ2n) is 3.11. The average Bonchev–Trinajstić information content (AvgIpc) is 2.60. The molecule has 1 aromatic heterocycles. The van der Waals surface area contributed by atoms with Crippen LogP contribution in [-0.4, -0.2) is 11.5 Å². The van der Waals surface area contributed by atoms with Crippen LogP contribution in [0.3, 0.4) is 0 Å². The van der Waals surface area contributed by atoms with Crippen LogP contribution in [0.2, 0.25) is 0 Å². The van der Waals surface area contributed by atoms with E-state index in [0.717, 1.165) is 19.5 Å². The summed E-state index contributed by atoms with van der Waals surface area (Å²) in [6.45, 7) is 6.44. The fraction of sp³-hybridized carbons (Fsp3) is 0.700. The molecule has 0 atom stereocenters. The van der Waals surface area contributed by atoms with Crippen molar-refractivity contribution in [2.24, 2.45) is 0 Å². The quantitative estimate of drug-likeness (QED) is 0.711. The van der Waals surface area contributed by atoms with Gasteiger partial charge in [0.2, 0.25) is 0 Å². The zero-order valence-corrected chi connectivity index (χ0v) is 9.28. The summed E-state index contributed by atoms with van der Waals surface area (Å²) in [5.41, 5.74) is 3.18. The molecule has 0 saturated carbocycles. The zero-order chi connectivity index (χ0) is 9.52. The van der Waals surface area contributed by atoms with E-state index < -0.39 is 0 Å². The minimum Gasteiger partial charge on any atom is -0.311 e. The van der Waals surface area contributed by atoms with Gasteiger partial charge < -0.3 is 5.32 Å². The van der Waals surface area contributed by atoms with Crippen molar-refractivity contribution in [1.82, 2.24) is 10.3 Å². The van der Waals surface area contributed by atoms with E-state index in [9.17, 15) is 0 Å². The van der Waals surface area contributed by atoms with Gasteiger partial charge in [-0.3, -0.25) is 0 Å². The molecule has 2 nitrogen and oxygen atoms in total. The summed E-state index contributed by atoms with van der Waals surface area (Å²) in [5, 5.41) is 3.41. The maximum atomic E-state index is 4.34. The molecule has 0 bridgehead atoms. The Bertz CT molecular complexity index is 233. The minimum atomic E-state index is 0.937. The lowest BCUT2D eigenvalue weighted by molar-refractivity contribution is 0.632. The van der Waals surface area contributed by atoms with Crippen molar-refractivity contribution in [1.29, 1.82) is 0 Å². The van der Waals surface area contributed by atoms with E-state index in [0.29, 0.717) is 0 Å². The number of nitrogens with one attached hydrogen (secondary N) is 1. The van der Waals surface area contributed by atoms with Crippen LogP contribution >= 0.6 is 11.3 Å². The summed E-state index contributed by atoms with van der Waals surface area (Å²) in [5.74, 6) is 0. The van der Waals surface area contributed by atoms with E-state index in [-0.39, 0.29) is 0 Å². The van der Waals surface area contributed by atoms with Crippen molar-refractivity contribution in [3.05, 3.63) is 16.1 Å². The Kier molecular flexibility index (Phi) is 5.01. The molecule has 0 radical (unpaired) electrons. The lowest BCUT2D eigenvalue weighted by Crippen LogP contribution is -2.15. The maximum absolute atomic E-state index is 4.34. The van der Waals surface area contributed by atoms with Gasteiger partial charge in [-0.2, -0.15) is 0 Å². The van der Waals surface area contributed by atoms with Crippen molar-refractivity contribution in [2.45, 2.75) is 39.7 Å². The highest BCUT2D eigenvalue weighted by molar-refractivity contribution is 7.09. The highest BCUT2D eigenvalue weighted by Gasteiger charge is 2.02. The Morgan fingerprint density at radius 1 is 1.46 bits per heavy atom. The molecule has 1 rings (SSSR count). The van der Waals surface area contributed by atoms with E-state index in [1.165, 1.54) is 23.4 Å². The van der Waals surface area contributed by atoms with Crippen LogP contribution in [0.1, 0.15) is 37.3 Å². The van der Waals surface area contributed by atoms with Crippen LogP contribution in [0.4, 0.5) is 0 Å². The molecule has 0 amide bonds. The van der Waals surface area contributed by atoms with Gasteiger partial charge >= 0.3 is 0 Å². The van der Waals surface area contributed by atoms with Crippen molar-refractivity contribution in [3.8, 4) is 0 Å². The fourth-order valence-electron chi connectivity index (χ4n) is 1.23. The summed E-state index contributed by atoms with van der Waals surface area (Å²) in [4.78, 5) is 5.76. The van der Waals surface area contributed by atoms with Gasteiger partial charge in [-0.25, -0.2) is 4.98 Å². The molecule has 74 valence electrons. The second kappa shape index (κ2) is 6.11. The van der Waals surface area contributed by atoms with E-state index in [1.54, 1.807) is 11.3 Å². The van der Waals surface area contributed by atoms with Gasteiger partial charge in [0.05, 0.1) is 11.2 Å². The molecule has 0 aromatic carbocycles. The second-order valence-corrected chi connectivity index (χ2v) is 4.05. The number of unbranched alkanes of at least 4 members (excludes halogenated alkanes) is 1. The third kappa shape index (κ3) is 3.44. The third-order valence-corrected chi connectivity index (χ3v) is 3.07. The van der Waals surface area contributed by atoms with Crippen LogP contribution < -0.4 is 5.32 Å². The Morgan fingerprint density at radius 2 is 2.31 bits per heavy atom. The molecule has 0 fully saturated rings. The predicted octanol–water partition coefficient (Wildman–Crippen LogP) is 2.60. The summed E-state index contributed by atoms with van der Waals surface area (Å²) in [7, 11) is 0. The van der Waals surface area contributed by atoms with Crippen LogP contribution in [0.15, 0.2) is 5.51 Å². The van der Waals surface area contributed by atoms with Crippen LogP contribution in [0.25, 0.3) is 0 Å². The smallest absolute Gasteiger partial charge is 0.0798 e. The van der Waals surface area contributed by atoms with Crippen molar-refractivity contribution in [3.63, 3.8) is 0 Å². The Balaban J connectivity index is 2.27. The lowest BCUT2D eigenvalue weighted by Gasteiger charge is -2.02. The number of hydrogen-bond donors (Lipinski definition) is 1. The molecule has 0 saturated heterocycles. The SMILES string of the molecule is CCCCNCc1ncsc1CC. The highest BCUT2D eigenvalue weighted by Crippen LogP contribution is 2.13. The predicted molar refractivity (Wildman–Crippen MR) is 58.1 cm³/mol. The summed E-state index contributed by atoms with van der Waals surface area (Å²) >= 11 is 1.76. The van der Waals surface area contributed by atoms with Gasteiger partial charge in [0, 0.05) is 11.4 Å². The van der Waals surface area contributed by atoms with E-state index in [1.807, 2.05) is 5.51 Å². The molecule has 0 unspecified atom stereocenters. The standard InChI is InChI=1S/C10H18N2S/c1-3-5-6-11-7-9-10(4-2)13-8-12-9/h8,11H,3-7H2,1-2H3. The zero-order valence-electron chi connectivity index (χ0n) is 8.47. The fourth-order valence-corrected chi connectivity index (χ4v) is 1.97. The third-order valence-electron chi connectivity index (χ3n) is 2.05. The van der Waals surface area contributed by atoms with Gasteiger partial charge in [-0.05, 0) is 19.4 Å². The molecule has 1 heterocycles. The van der Waals surface area contributed by atoms with Crippen LogP contribution in [-0.2, 0) is 13.0 Å². The van der Waals surface area contributed by atoms with Crippen molar-refractivity contribution >= 4 is 11.3 Å². The molecule has 0 aliphatic rings. The topological polar surface area (TPSA) is 24.9 Å². The first-order chi connectivity index (χ1) is 6.38. The Morgan fingerprint density at radius 3 is 3.00 bits per heavy atom. The molecular formula is C10H18N2S.